The molecule has 174 valence electrons. The maximum Gasteiger partial charge on any atom is 0.337 e. The molecule has 6 aromatic rings. The zero-order valence-corrected chi connectivity index (χ0v) is 18.3. The second kappa shape index (κ2) is 8.34. The largest absolute Gasteiger partial charge is 0.478 e. The molecule has 4 aromatic heterocycles. The van der Waals surface area contributed by atoms with Crippen molar-refractivity contribution in [1.82, 2.24) is 18.8 Å². The fourth-order valence-corrected chi connectivity index (χ4v) is 4.03. The summed E-state index contributed by atoms with van der Waals surface area (Å²) >= 11 is 0. The van der Waals surface area contributed by atoms with Crippen LogP contribution in [-0.2, 0) is 4.74 Å². The molecule has 10 nitrogen and oxygen atoms in total. The Morgan fingerprint density at radius 1 is 0.771 bits per heavy atom. The number of benzene rings is 2. The Morgan fingerprint density at radius 3 is 1.74 bits per heavy atom. The Kier molecular flexibility index (Phi) is 5.17. The molecule has 0 saturated heterocycles. The average Bonchev–Trinajstić information content (AvgIpc) is 3.54. The molecular formula is C25H18N4O6. The quantitative estimate of drug-likeness (QED) is 0.333. The van der Waals surface area contributed by atoms with E-state index in [1.54, 1.807) is 48.8 Å². The second-order valence-electron chi connectivity index (χ2n) is 7.70. The predicted molar refractivity (Wildman–Crippen MR) is 129 cm³/mol. The zero-order chi connectivity index (χ0) is 24.7. The number of methoxy groups -OCH3 is 1. The fraction of sp³-hybridized carbons (Fsp3) is 0.0400. The van der Waals surface area contributed by atoms with Crippen LogP contribution >= 0.6 is 0 Å². The summed E-state index contributed by atoms with van der Waals surface area (Å²) in [5.74, 6) is -1.43. The van der Waals surface area contributed by atoms with Crippen molar-refractivity contribution in [3.63, 3.8) is 0 Å². The molecule has 2 aromatic carbocycles. The predicted octanol–water partition coefficient (Wildman–Crippen LogP) is 3.05. The van der Waals surface area contributed by atoms with E-state index in [0.717, 1.165) is 21.8 Å². The van der Waals surface area contributed by atoms with Crippen molar-refractivity contribution >= 4 is 44.8 Å². The molecule has 0 atom stereocenters. The lowest BCUT2D eigenvalue weighted by Gasteiger charge is -2.04. The molecule has 0 spiro atoms. The summed E-state index contributed by atoms with van der Waals surface area (Å²) in [6.45, 7) is 0. The maximum absolute atomic E-state index is 11.8. The lowest BCUT2D eigenvalue weighted by Crippen LogP contribution is -2.15. The van der Waals surface area contributed by atoms with Crippen molar-refractivity contribution in [1.29, 1.82) is 0 Å². The van der Waals surface area contributed by atoms with Crippen LogP contribution in [0.3, 0.4) is 0 Å². The molecule has 6 rings (SSSR count). The lowest BCUT2D eigenvalue weighted by molar-refractivity contribution is 0.0600. The van der Waals surface area contributed by atoms with Gasteiger partial charge in [-0.25, -0.2) is 19.2 Å². The van der Waals surface area contributed by atoms with Gasteiger partial charge in [-0.15, -0.1) is 0 Å². The number of ether oxygens (including phenoxy) is 1. The monoisotopic (exact) mass is 470 g/mol. The van der Waals surface area contributed by atoms with Crippen LogP contribution < -0.4 is 11.4 Å². The minimum atomic E-state index is -1.01. The van der Waals surface area contributed by atoms with Crippen LogP contribution in [0.1, 0.15) is 20.7 Å². The van der Waals surface area contributed by atoms with Crippen molar-refractivity contribution in [2.45, 2.75) is 0 Å². The van der Waals surface area contributed by atoms with Crippen molar-refractivity contribution in [2.24, 2.45) is 0 Å². The molecule has 0 aliphatic rings. The maximum atomic E-state index is 11.8. The Labute approximate surface area is 195 Å². The molecule has 0 amide bonds. The molecule has 4 heterocycles. The minimum Gasteiger partial charge on any atom is -0.478 e. The molecular weight excluding hydrogens is 452 g/mol. The van der Waals surface area contributed by atoms with Gasteiger partial charge in [-0.05, 0) is 60.7 Å². The highest BCUT2D eigenvalue weighted by Crippen LogP contribution is 2.19. The topological polar surface area (TPSA) is 138 Å². The number of aromatic carboxylic acids is 1. The van der Waals surface area contributed by atoms with Crippen molar-refractivity contribution in [3.8, 4) is 0 Å². The van der Waals surface area contributed by atoms with E-state index in [0.29, 0.717) is 16.6 Å². The number of nitrogens with zero attached hydrogens (tertiary/aromatic N) is 2. The number of aromatic nitrogens is 4. The normalized spacial score (nSPS) is 11.0. The molecule has 0 aliphatic carbocycles. The molecule has 0 radical (unpaired) electrons. The van der Waals surface area contributed by atoms with E-state index in [9.17, 15) is 19.2 Å². The van der Waals surface area contributed by atoms with E-state index < -0.39 is 11.9 Å². The number of nitrogens with one attached hydrogen (secondary N) is 2. The van der Waals surface area contributed by atoms with Gasteiger partial charge in [-0.3, -0.25) is 8.80 Å². The van der Waals surface area contributed by atoms with Gasteiger partial charge in [0.25, 0.3) is 0 Å². The average molecular weight is 470 g/mol. The Balaban J connectivity index is 0.000000145. The van der Waals surface area contributed by atoms with E-state index in [1.807, 2.05) is 12.1 Å². The molecule has 0 saturated carbocycles. The summed E-state index contributed by atoms with van der Waals surface area (Å²) in [7, 11) is 1.32. The molecule has 0 unspecified atom stereocenters. The Bertz CT molecular complexity index is 1890. The molecule has 0 aliphatic heterocycles. The SMILES string of the molecule is COC(=O)c1ccc2c(c1)[nH]c(=O)n1cccc21.O=C(O)c1ccc2c(c1)[nH]c(=O)n1cccc21. The number of aromatic amines is 2. The van der Waals surface area contributed by atoms with Crippen LogP contribution in [0, 0.1) is 0 Å². The molecule has 0 fully saturated rings. The summed E-state index contributed by atoms with van der Waals surface area (Å²) in [6, 6.07) is 17.0. The molecule has 0 bridgehead atoms. The second-order valence-corrected chi connectivity index (χ2v) is 7.70. The molecule has 3 N–H and O–H groups in total. The van der Waals surface area contributed by atoms with E-state index in [4.69, 9.17) is 5.11 Å². The number of fused-ring (bicyclic) bond motifs is 6. The number of carboxylic acid groups (broad SMARTS) is 1. The van der Waals surface area contributed by atoms with Crippen LogP contribution in [-0.4, -0.2) is 42.9 Å². The number of H-pyrrole nitrogens is 2. The number of esters is 1. The fourth-order valence-electron chi connectivity index (χ4n) is 4.03. The lowest BCUT2D eigenvalue weighted by atomic mass is 10.1. The summed E-state index contributed by atoms with van der Waals surface area (Å²) in [4.78, 5) is 51.2. The first-order valence-corrected chi connectivity index (χ1v) is 10.5. The Hall–Kier alpha value is -5.12. The number of rotatable bonds is 2. The highest BCUT2D eigenvalue weighted by molar-refractivity contribution is 5.99. The smallest absolute Gasteiger partial charge is 0.337 e. The van der Waals surface area contributed by atoms with Crippen molar-refractivity contribution in [2.75, 3.05) is 7.11 Å². The highest BCUT2D eigenvalue weighted by Gasteiger charge is 2.10. The number of hydrogen-bond donors (Lipinski definition) is 3. The van der Waals surface area contributed by atoms with Crippen molar-refractivity contribution < 1.29 is 19.4 Å². The van der Waals surface area contributed by atoms with Crippen LogP contribution in [0.2, 0.25) is 0 Å². The van der Waals surface area contributed by atoms with Crippen LogP contribution in [0.4, 0.5) is 0 Å². The third kappa shape index (κ3) is 3.72. The van der Waals surface area contributed by atoms with Gasteiger partial charge in [0.2, 0.25) is 0 Å². The van der Waals surface area contributed by atoms with Crippen LogP contribution in [0.25, 0.3) is 32.8 Å². The molecule has 35 heavy (non-hydrogen) atoms. The number of hydrogen-bond acceptors (Lipinski definition) is 5. The van der Waals surface area contributed by atoms with Gasteiger partial charge in [0.1, 0.15) is 0 Å². The number of carbonyl (C=O) groups is 2. The highest BCUT2D eigenvalue weighted by atomic mass is 16.5. The van der Waals surface area contributed by atoms with Gasteiger partial charge in [0.15, 0.2) is 0 Å². The van der Waals surface area contributed by atoms with Gasteiger partial charge in [-0.2, -0.15) is 0 Å². The first kappa shape index (κ1) is 21.7. The molecule has 10 heteroatoms. The first-order valence-electron chi connectivity index (χ1n) is 10.5. The summed E-state index contributed by atoms with van der Waals surface area (Å²) in [5, 5.41) is 10.6. The number of carboxylic acids is 1. The van der Waals surface area contributed by atoms with E-state index in [-0.39, 0.29) is 16.9 Å². The number of carbonyl (C=O) groups excluding carboxylic acids is 1. The van der Waals surface area contributed by atoms with Gasteiger partial charge in [0.05, 0.1) is 40.3 Å². The zero-order valence-electron chi connectivity index (χ0n) is 18.3. The van der Waals surface area contributed by atoms with E-state index in [1.165, 1.54) is 28.0 Å². The van der Waals surface area contributed by atoms with E-state index >= 15 is 0 Å². The van der Waals surface area contributed by atoms with Crippen molar-refractivity contribution in [3.05, 3.63) is 105 Å². The summed E-state index contributed by atoms with van der Waals surface area (Å²) in [5.41, 5.74) is 2.78. The van der Waals surface area contributed by atoms with E-state index in [2.05, 4.69) is 14.7 Å². The summed E-state index contributed by atoms with van der Waals surface area (Å²) < 4.78 is 7.67. The first-order chi connectivity index (χ1) is 16.9. The van der Waals surface area contributed by atoms with Gasteiger partial charge in [-0.1, -0.05) is 0 Å². The third-order valence-electron chi connectivity index (χ3n) is 5.68. The van der Waals surface area contributed by atoms with Crippen LogP contribution in [0.15, 0.2) is 82.6 Å². The minimum absolute atomic E-state index is 0.157. The van der Waals surface area contributed by atoms with Gasteiger partial charge >= 0.3 is 23.3 Å². The summed E-state index contributed by atoms with van der Waals surface area (Å²) in [6.07, 6.45) is 3.36. The Morgan fingerprint density at radius 2 is 1.26 bits per heavy atom. The third-order valence-corrected chi connectivity index (χ3v) is 5.68. The van der Waals surface area contributed by atoms with Gasteiger partial charge in [0, 0.05) is 23.2 Å². The van der Waals surface area contributed by atoms with Gasteiger partial charge < -0.3 is 19.8 Å². The standard InChI is InChI=1S/C13H10N2O3.C12H8N2O3/c1-18-12(16)8-4-5-9-10(7-8)14-13(17)15-6-2-3-11(9)15;15-11(16)7-3-4-8-9(6-7)13-12(17)14-5-1-2-10(8)14/h2-7H,1H3,(H,14,17);1-6H,(H,13,17)(H,15,16). The van der Waals surface area contributed by atoms with Crippen LogP contribution in [0.5, 0.6) is 0 Å².